The summed E-state index contributed by atoms with van der Waals surface area (Å²) in [5, 5.41) is 11.5. The number of ether oxygens (including phenoxy) is 1. The molecule has 17 heavy (non-hydrogen) atoms. The fraction of sp³-hybridized carbons (Fsp3) is 0.818. The largest absolute Gasteiger partial charge is 0.480 e. The quantitative estimate of drug-likeness (QED) is 0.759. The van der Waals surface area contributed by atoms with Crippen molar-refractivity contribution < 1.29 is 19.4 Å². The first kappa shape index (κ1) is 13.8. The third kappa shape index (κ3) is 4.22. The maximum Gasteiger partial charge on any atom is 0.326 e. The summed E-state index contributed by atoms with van der Waals surface area (Å²) in [5.41, 5.74) is 0. The second-order valence-corrected chi connectivity index (χ2v) is 4.46. The highest BCUT2D eigenvalue weighted by molar-refractivity contribution is 5.82. The molecule has 0 aromatic rings. The highest BCUT2D eigenvalue weighted by Crippen LogP contribution is 2.05. The average Bonchev–Trinajstić information content (AvgIpc) is 2.52. The number of nitrogens with zero attached hydrogens (tertiary/aromatic N) is 1. The van der Waals surface area contributed by atoms with E-state index >= 15 is 0 Å². The Morgan fingerprint density at radius 1 is 1.29 bits per heavy atom. The Kier molecular flexibility index (Phi) is 5.21. The number of carboxylic acids is 1. The molecule has 1 aliphatic rings. The van der Waals surface area contributed by atoms with E-state index in [2.05, 4.69) is 5.32 Å². The van der Waals surface area contributed by atoms with Gasteiger partial charge in [-0.2, -0.15) is 0 Å². The van der Waals surface area contributed by atoms with Crippen LogP contribution in [0, 0.1) is 5.92 Å². The predicted octanol–water partition coefficient (Wildman–Crippen LogP) is 0.527. The summed E-state index contributed by atoms with van der Waals surface area (Å²) >= 11 is 0. The molecule has 1 aliphatic heterocycles. The molecule has 6 heteroatoms. The number of carbonyl (C=O) groups is 2. The minimum atomic E-state index is -1.00. The highest BCUT2D eigenvalue weighted by Gasteiger charge is 2.26. The number of hydrogen-bond donors (Lipinski definition) is 2. The summed E-state index contributed by atoms with van der Waals surface area (Å²) in [5.74, 6) is -1.14. The minimum absolute atomic E-state index is 0.139. The number of hydrogen-bond acceptors (Lipinski definition) is 3. The Morgan fingerprint density at radius 2 is 2.00 bits per heavy atom. The molecule has 0 aromatic carbocycles. The van der Waals surface area contributed by atoms with Crippen molar-refractivity contribution in [3.63, 3.8) is 0 Å². The number of urea groups is 1. The number of nitrogens with one attached hydrogen (secondary N) is 1. The van der Waals surface area contributed by atoms with E-state index in [1.165, 1.54) is 0 Å². The van der Waals surface area contributed by atoms with Crippen LogP contribution in [0.15, 0.2) is 0 Å². The van der Waals surface area contributed by atoms with Crippen LogP contribution < -0.4 is 5.32 Å². The molecule has 0 saturated carbocycles. The number of amides is 2. The normalized spacial score (nSPS) is 18.6. The first-order valence-electron chi connectivity index (χ1n) is 5.88. The molecule has 98 valence electrons. The van der Waals surface area contributed by atoms with Crippen molar-refractivity contribution in [2.45, 2.75) is 26.3 Å². The van der Waals surface area contributed by atoms with E-state index in [1.54, 1.807) is 18.7 Å². The lowest BCUT2D eigenvalue weighted by Crippen LogP contribution is -2.50. The van der Waals surface area contributed by atoms with E-state index in [9.17, 15) is 9.59 Å². The van der Waals surface area contributed by atoms with Crippen LogP contribution in [-0.4, -0.2) is 54.4 Å². The molecular weight excluding hydrogens is 224 g/mol. The number of rotatable bonds is 3. The predicted molar refractivity (Wildman–Crippen MR) is 61.8 cm³/mol. The molecule has 0 unspecified atom stereocenters. The van der Waals surface area contributed by atoms with Gasteiger partial charge in [0, 0.05) is 19.7 Å². The van der Waals surface area contributed by atoms with Crippen LogP contribution in [0.25, 0.3) is 0 Å². The van der Waals surface area contributed by atoms with Crippen molar-refractivity contribution in [2.24, 2.45) is 5.92 Å². The van der Waals surface area contributed by atoms with Gasteiger partial charge in [0.15, 0.2) is 0 Å². The van der Waals surface area contributed by atoms with Crippen molar-refractivity contribution in [3.05, 3.63) is 0 Å². The molecule has 2 N–H and O–H groups in total. The van der Waals surface area contributed by atoms with Gasteiger partial charge >= 0.3 is 12.0 Å². The van der Waals surface area contributed by atoms with E-state index in [4.69, 9.17) is 9.84 Å². The molecule has 0 aromatic heterocycles. The molecule has 6 nitrogen and oxygen atoms in total. The van der Waals surface area contributed by atoms with Gasteiger partial charge in [-0.3, -0.25) is 0 Å². The van der Waals surface area contributed by atoms with Crippen molar-refractivity contribution in [2.75, 3.05) is 26.3 Å². The van der Waals surface area contributed by atoms with E-state index in [0.29, 0.717) is 26.3 Å². The number of aliphatic carboxylic acids is 1. The molecular formula is C11H20N2O4. The maximum absolute atomic E-state index is 11.9. The number of carboxylic acid groups (broad SMARTS) is 1. The lowest BCUT2D eigenvalue weighted by molar-refractivity contribution is -0.140. The zero-order chi connectivity index (χ0) is 12.8. The summed E-state index contributed by atoms with van der Waals surface area (Å²) in [6.45, 7) is 5.81. The zero-order valence-corrected chi connectivity index (χ0v) is 10.3. The van der Waals surface area contributed by atoms with Gasteiger partial charge in [0.05, 0.1) is 6.61 Å². The van der Waals surface area contributed by atoms with Crippen LogP contribution in [0.3, 0.4) is 0 Å². The average molecular weight is 244 g/mol. The van der Waals surface area contributed by atoms with Crippen LogP contribution in [0.5, 0.6) is 0 Å². The molecule has 0 spiro atoms. The van der Waals surface area contributed by atoms with Gasteiger partial charge in [0.2, 0.25) is 0 Å². The smallest absolute Gasteiger partial charge is 0.326 e. The van der Waals surface area contributed by atoms with Crippen molar-refractivity contribution in [3.8, 4) is 0 Å². The first-order valence-corrected chi connectivity index (χ1v) is 5.88. The fourth-order valence-electron chi connectivity index (χ4n) is 1.69. The minimum Gasteiger partial charge on any atom is -0.480 e. The van der Waals surface area contributed by atoms with Gasteiger partial charge in [0.25, 0.3) is 0 Å². The van der Waals surface area contributed by atoms with Crippen molar-refractivity contribution in [1.29, 1.82) is 0 Å². The zero-order valence-electron chi connectivity index (χ0n) is 10.3. The van der Waals surface area contributed by atoms with Crippen LogP contribution in [0.1, 0.15) is 20.3 Å². The third-order valence-corrected chi connectivity index (χ3v) is 2.72. The molecule has 0 aliphatic carbocycles. The van der Waals surface area contributed by atoms with E-state index in [-0.39, 0.29) is 11.9 Å². The number of carbonyl (C=O) groups excluding carboxylic acids is 1. The summed E-state index contributed by atoms with van der Waals surface area (Å²) in [7, 11) is 0. The summed E-state index contributed by atoms with van der Waals surface area (Å²) in [4.78, 5) is 24.4. The molecule has 1 fully saturated rings. The summed E-state index contributed by atoms with van der Waals surface area (Å²) in [6, 6.07) is -1.16. The standard InChI is InChI=1S/C11H20N2O4/c1-8(2)9(10(14)15)12-11(16)13-4-3-6-17-7-5-13/h8-9H,3-7H2,1-2H3,(H,12,16)(H,14,15)/t9-/m0/s1. The van der Waals surface area contributed by atoms with E-state index in [1.807, 2.05) is 0 Å². The van der Waals surface area contributed by atoms with E-state index < -0.39 is 12.0 Å². The highest BCUT2D eigenvalue weighted by atomic mass is 16.5. The SMILES string of the molecule is CC(C)[C@H](NC(=O)N1CCCOCC1)C(=O)O. The fourth-order valence-corrected chi connectivity index (χ4v) is 1.69. The van der Waals surface area contributed by atoms with Crippen LogP contribution in [0.2, 0.25) is 0 Å². The monoisotopic (exact) mass is 244 g/mol. The molecule has 0 radical (unpaired) electrons. The molecule has 0 bridgehead atoms. The van der Waals surface area contributed by atoms with E-state index in [0.717, 1.165) is 6.42 Å². The van der Waals surface area contributed by atoms with Crippen LogP contribution in [0.4, 0.5) is 4.79 Å². The van der Waals surface area contributed by atoms with Crippen molar-refractivity contribution in [1.82, 2.24) is 10.2 Å². The Labute approximate surface area is 101 Å². The second-order valence-electron chi connectivity index (χ2n) is 4.46. The van der Waals surface area contributed by atoms with Gasteiger partial charge in [-0.05, 0) is 12.3 Å². The Bertz CT molecular complexity index is 273. The van der Waals surface area contributed by atoms with Gasteiger partial charge in [-0.25, -0.2) is 9.59 Å². The maximum atomic E-state index is 11.9. The lowest BCUT2D eigenvalue weighted by Gasteiger charge is -2.24. The van der Waals surface area contributed by atoms with Gasteiger partial charge < -0.3 is 20.1 Å². The van der Waals surface area contributed by atoms with Crippen LogP contribution >= 0.6 is 0 Å². The first-order chi connectivity index (χ1) is 8.02. The Balaban J connectivity index is 2.53. The molecule has 1 rings (SSSR count). The lowest BCUT2D eigenvalue weighted by atomic mass is 10.1. The molecule has 2 amide bonds. The second kappa shape index (κ2) is 6.44. The molecule has 1 saturated heterocycles. The van der Waals surface area contributed by atoms with Gasteiger partial charge in [-0.1, -0.05) is 13.8 Å². The van der Waals surface area contributed by atoms with Crippen molar-refractivity contribution >= 4 is 12.0 Å². The Hall–Kier alpha value is -1.30. The third-order valence-electron chi connectivity index (χ3n) is 2.72. The summed E-state index contributed by atoms with van der Waals surface area (Å²) in [6.07, 6.45) is 0.785. The molecule has 1 heterocycles. The van der Waals surface area contributed by atoms with Crippen LogP contribution in [-0.2, 0) is 9.53 Å². The van der Waals surface area contributed by atoms with Gasteiger partial charge in [0.1, 0.15) is 6.04 Å². The topological polar surface area (TPSA) is 78.9 Å². The molecule has 1 atom stereocenters. The summed E-state index contributed by atoms with van der Waals surface area (Å²) < 4.78 is 5.24. The van der Waals surface area contributed by atoms with Gasteiger partial charge in [-0.15, -0.1) is 0 Å². The Morgan fingerprint density at radius 3 is 2.59 bits per heavy atom.